The molecule has 4 heteroatoms. The van der Waals surface area contributed by atoms with Gasteiger partial charge in [-0.05, 0) is 30.9 Å². The van der Waals surface area contributed by atoms with Crippen molar-refractivity contribution < 1.29 is 18.3 Å². The number of benzene rings is 1. The molecule has 1 aromatic carbocycles. The van der Waals surface area contributed by atoms with E-state index in [2.05, 4.69) is 0 Å². The van der Waals surface area contributed by atoms with Crippen LogP contribution in [0.3, 0.4) is 0 Å². The number of aromatic hydroxyl groups is 1. The van der Waals surface area contributed by atoms with Gasteiger partial charge in [0.15, 0.2) is 0 Å². The van der Waals surface area contributed by atoms with E-state index in [1.54, 1.807) is 0 Å². The molecule has 0 heterocycles. The Balaban J connectivity index is 2.43. The van der Waals surface area contributed by atoms with Gasteiger partial charge in [0.2, 0.25) is 0 Å². The van der Waals surface area contributed by atoms with Crippen LogP contribution >= 0.6 is 0 Å². The summed E-state index contributed by atoms with van der Waals surface area (Å²) in [6, 6.07) is 3.66. The Morgan fingerprint density at radius 2 is 1.71 bits per heavy atom. The van der Waals surface area contributed by atoms with Crippen molar-refractivity contribution in [3.05, 3.63) is 29.3 Å². The number of phenols is 1. The van der Waals surface area contributed by atoms with Crippen LogP contribution in [0.2, 0.25) is 0 Å². The highest BCUT2D eigenvalue weighted by atomic mass is 19.4. The molecule has 1 aliphatic rings. The van der Waals surface area contributed by atoms with Crippen LogP contribution in [0, 0.1) is 0 Å². The van der Waals surface area contributed by atoms with E-state index in [-0.39, 0.29) is 17.2 Å². The summed E-state index contributed by atoms with van der Waals surface area (Å²) < 4.78 is 38.6. The maximum absolute atomic E-state index is 12.9. The van der Waals surface area contributed by atoms with E-state index >= 15 is 0 Å². The zero-order valence-electron chi connectivity index (χ0n) is 9.43. The van der Waals surface area contributed by atoms with Crippen molar-refractivity contribution in [2.45, 2.75) is 44.2 Å². The minimum absolute atomic E-state index is 0.0969. The van der Waals surface area contributed by atoms with Crippen molar-refractivity contribution in [2.75, 3.05) is 0 Å². The Kier molecular flexibility index (Phi) is 3.31. The maximum Gasteiger partial charge on any atom is 0.416 e. The lowest BCUT2D eigenvalue weighted by Crippen LogP contribution is -2.14. The first-order valence-corrected chi connectivity index (χ1v) is 5.89. The molecule has 0 radical (unpaired) electrons. The highest BCUT2D eigenvalue weighted by molar-refractivity contribution is 5.43. The predicted octanol–water partition coefficient (Wildman–Crippen LogP) is 4.46. The third-order valence-electron chi connectivity index (χ3n) is 3.40. The molecule has 0 aromatic heterocycles. The number of hydrogen-bond donors (Lipinski definition) is 1. The Bertz CT molecular complexity index is 392. The molecule has 0 bridgehead atoms. The molecule has 1 N–H and O–H groups in total. The van der Waals surface area contributed by atoms with Gasteiger partial charge >= 0.3 is 6.18 Å². The smallest absolute Gasteiger partial charge is 0.416 e. The number of alkyl halides is 3. The average Bonchev–Trinajstić information content (AvgIpc) is 2.28. The number of phenolic OH excluding ortho intramolecular Hbond substituents is 1. The molecule has 1 saturated carbocycles. The van der Waals surface area contributed by atoms with Crippen molar-refractivity contribution in [2.24, 2.45) is 0 Å². The minimum atomic E-state index is -4.38. The third kappa shape index (κ3) is 2.56. The van der Waals surface area contributed by atoms with Crippen LogP contribution in [0.1, 0.15) is 49.1 Å². The monoisotopic (exact) mass is 244 g/mol. The molecule has 2 rings (SSSR count). The molecule has 0 amide bonds. The molecule has 1 aromatic rings. The predicted molar refractivity (Wildman–Crippen MR) is 58.9 cm³/mol. The zero-order chi connectivity index (χ0) is 12.5. The standard InChI is InChI=1S/C13H15F3O/c14-13(15,16)10-7-4-8-11(17)12(10)9-5-2-1-3-6-9/h4,7-9,17H,1-3,5-6H2. The van der Waals surface area contributed by atoms with E-state index in [4.69, 9.17) is 0 Å². The summed E-state index contributed by atoms with van der Waals surface area (Å²) in [7, 11) is 0. The molecule has 0 spiro atoms. The SMILES string of the molecule is Oc1cccc(C(F)(F)F)c1C1CCCCC1. The second-order valence-corrected chi connectivity index (χ2v) is 4.57. The summed E-state index contributed by atoms with van der Waals surface area (Å²) in [6.07, 6.45) is 0.0465. The first kappa shape index (κ1) is 12.3. The summed E-state index contributed by atoms with van der Waals surface area (Å²) >= 11 is 0. The van der Waals surface area contributed by atoms with Crippen LogP contribution in [-0.2, 0) is 6.18 Å². The van der Waals surface area contributed by atoms with Crippen LogP contribution in [0.25, 0.3) is 0 Å². The van der Waals surface area contributed by atoms with Gasteiger partial charge in [-0.25, -0.2) is 0 Å². The Morgan fingerprint density at radius 1 is 1.06 bits per heavy atom. The van der Waals surface area contributed by atoms with Crippen LogP contribution in [0.15, 0.2) is 18.2 Å². The number of hydrogen-bond acceptors (Lipinski definition) is 1. The fraction of sp³-hybridized carbons (Fsp3) is 0.538. The van der Waals surface area contributed by atoms with Crippen molar-refractivity contribution >= 4 is 0 Å². The Hall–Kier alpha value is -1.19. The lowest BCUT2D eigenvalue weighted by molar-refractivity contribution is -0.138. The van der Waals surface area contributed by atoms with Crippen molar-refractivity contribution in [3.63, 3.8) is 0 Å². The number of rotatable bonds is 1. The van der Waals surface area contributed by atoms with E-state index < -0.39 is 11.7 Å². The van der Waals surface area contributed by atoms with E-state index in [0.717, 1.165) is 38.2 Å². The number of halogens is 3. The summed E-state index contributed by atoms with van der Waals surface area (Å²) in [5.41, 5.74) is -0.580. The lowest BCUT2D eigenvalue weighted by Gasteiger charge is -2.25. The van der Waals surface area contributed by atoms with Crippen molar-refractivity contribution in [1.82, 2.24) is 0 Å². The van der Waals surface area contributed by atoms with Crippen LogP contribution in [0.5, 0.6) is 5.75 Å². The molecule has 0 unspecified atom stereocenters. The second-order valence-electron chi connectivity index (χ2n) is 4.57. The van der Waals surface area contributed by atoms with E-state index in [9.17, 15) is 18.3 Å². The fourth-order valence-corrected chi connectivity index (χ4v) is 2.62. The van der Waals surface area contributed by atoms with E-state index in [0.29, 0.717) is 0 Å². The molecular weight excluding hydrogens is 229 g/mol. The molecule has 0 aliphatic heterocycles. The quantitative estimate of drug-likeness (QED) is 0.773. The van der Waals surface area contributed by atoms with Crippen molar-refractivity contribution in [1.29, 1.82) is 0 Å². The van der Waals surface area contributed by atoms with Gasteiger partial charge in [-0.15, -0.1) is 0 Å². The third-order valence-corrected chi connectivity index (χ3v) is 3.40. The maximum atomic E-state index is 12.9. The molecule has 94 valence electrons. The lowest BCUT2D eigenvalue weighted by atomic mass is 9.81. The molecule has 1 aliphatic carbocycles. The van der Waals surface area contributed by atoms with Gasteiger partial charge in [0.25, 0.3) is 0 Å². The van der Waals surface area contributed by atoms with Crippen LogP contribution in [0.4, 0.5) is 13.2 Å². The summed E-state index contributed by atoms with van der Waals surface area (Å²) in [4.78, 5) is 0. The molecule has 0 atom stereocenters. The highest BCUT2D eigenvalue weighted by Gasteiger charge is 2.36. The molecule has 1 fully saturated rings. The zero-order valence-corrected chi connectivity index (χ0v) is 9.43. The first-order chi connectivity index (χ1) is 8.00. The second kappa shape index (κ2) is 4.59. The minimum Gasteiger partial charge on any atom is -0.508 e. The highest BCUT2D eigenvalue weighted by Crippen LogP contribution is 2.44. The molecule has 17 heavy (non-hydrogen) atoms. The molecular formula is C13H15F3O. The van der Waals surface area contributed by atoms with Gasteiger partial charge in [0.05, 0.1) is 5.56 Å². The average molecular weight is 244 g/mol. The molecule has 1 nitrogen and oxygen atoms in total. The Labute approximate surface area is 98.3 Å². The summed E-state index contributed by atoms with van der Waals surface area (Å²) in [5, 5.41) is 9.71. The van der Waals surface area contributed by atoms with Gasteiger partial charge in [0, 0.05) is 5.56 Å². The fourth-order valence-electron chi connectivity index (χ4n) is 2.62. The summed E-state index contributed by atoms with van der Waals surface area (Å²) in [6.45, 7) is 0. The van der Waals surface area contributed by atoms with Gasteiger partial charge in [-0.1, -0.05) is 25.3 Å². The largest absolute Gasteiger partial charge is 0.508 e. The van der Waals surface area contributed by atoms with E-state index in [1.807, 2.05) is 0 Å². The normalized spacial score (nSPS) is 18.3. The first-order valence-electron chi connectivity index (χ1n) is 5.89. The summed E-state index contributed by atoms with van der Waals surface area (Å²) in [5.74, 6) is -0.367. The van der Waals surface area contributed by atoms with Crippen LogP contribution < -0.4 is 0 Å². The Morgan fingerprint density at radius 3 is 2.29 bits per heavy atom. The van der Waals surface area contributed by atoms with Gasteiger partial charge in [-0.3, -0.25) is 0 Å². The topological polar surface area (TPSA) is 20.2 Å². The molecule has 0 saturated heterocycles. The van der Waals surface area contributed by atoms with E-state index in [1.165, 1.54) is 12.1 Å². The van der Waals surface area contributed by atoms with Gasteiger partial charge < -0.3 is 5.11 Å². The van der Waals surface area contributed by atoms with Gasteiger partial charge in [-0.2, -0.15) is 13.2 Å². The van der Waals surface area contributed by atoms with Crippen molar-refractivity contribution in [3.8, 4) is 5.75 Å². The van der Waals surface area contributed by atoms with Crippen LogP contribution in [-0.4, -0.2) is 5.11 Å². The van der Waals surface area contributed by atoms with Gasteiger partial charge in [0.1, 0.15) is 5.75 Å².